The van der Waals surface area contributed by atoms with Crippen LogP contribution in [0.5, 0.6) is 5.75 Å². The summed E-state index contributed by atoms with van der Waals surface area (Å²) >= 11 is 0. The molecule has 1 saturated heterocycles. The lowest BCUT2D eigenvalue weighted by Crippen LogP contribution is -2.43. The Morgan fingerprint density at radius 2 is 2.17 bits per heavy atom. The highest BCUT2D eigenvalue weighted by atomic mass is 16.6. The van der Waals surface area contributed by atoms with Crippen molar-refractivity contribution in [1.82, 2.24) is 0 Å². The summed E-state index contributed by atoms with van der Waals surface area (Å²) in [6, 6.07) is 3.73. The lowest BCUT2D eigenvalue weighted by atomic mass is 10.2. The molecule has 2 aliphatic rings. The number of carbonyl (C=O) groups excluding carboxylic acids is 3. The summed E-state index contributed by atoms with van der Waals surface area (Å²) in [4.78, 5) is 46.6. The molecular weight excluding hydrogens is 324 g/mol. The molecule has 0 unspecified atom stereocenters. The van der Waals surface area contributed by atoms with Gasteiger partial charge in [0, 0.05) is 18.6 Å². The Balaban J connectivity index is 1.79. The minimum Gasteiger partial charge on any atom is -0.482 e. The Bertz CT molecular complexity index is 731. The van der Waals surface area contributed by atoms with Crippen molar-refractivity contribution in [3.63, 3.8) is 0 Å². The van der Waals surface area contributed by atoms with Gasteiger partial charge in [-0.15, -0.1) is 0 Å². The molecule has 1 aromatic rings. The van der Waals surface area contributed by atoms with Crippen LogP contribution in [0.1, 0.15) is 6.42 Å². The zero-order valence-electron chi connectivity index (χ0n) is 12.3. The molecule has 24 heavy (non-hydrogen) atoms. The average molecular weight is 336 g/mol. The maximum atomic E-state index is 12.0. The Labute approximate surface area is 135 Å². The summed E-state index contributed by atoms with van der Waals surface area (Å²) in [7, 11) is 0. The van der Waals surface area contributed by atoms with Gasteiger partial charge in [-0.05, 0) is 6.07 Å². The minimum absolute atomic E-state index is 0.103. The number of benzene rings is 1. The first-order chi connectivity index (χ1) is 11.5. The van der Waals surface area contributed by atoms with Gasteiger partial charge in [-0.1, -0.05) is 0 Å². The fourth-order valence-electron chi connectivity index (χ4n) is 2.39. The highest BCUT2D eigenvalue weighted by molar-refractivity contribution is 6.01. The number of esters is 2. The van der Waals surface area contributed by atoms with Crippen LogP contribution in [0.2, 0.25) is 0 Å². The Hall–Kier alpha value is -3.17. The lowest BCUT2D eigenvalue weighted by Gasteiger charge is -2.28. The fourth-order valence-corrected chi connectivity index (χ4v) is 2.39. The quantitative estimate of drug-likeness (QED) is 0.433. The standard InChI is InChI=1S/C14H12N2O8/c17-12-7-23-10-2-1-8(16(20)21)5-9(10)15(12)6-13(18)24-11-3-4-22-14(11)19/h1-2,5,11H,3-4,6-7H2/t11-/m0/s1. The van der Waals surface area contributed by atoms with Crippen LogP contribution in [-0.4, -0.2) is 48.6 Å². The van der Waals surface area contributed by atoms with E-state index in [1.807, 2.05) is 0 Å². The van der Waals surface area contributed by atoms with E-state index in [9.17, 15) is 24.5 Å². The molecule has 0 spiro atoms. The molecule has 1 fully saturated rings. The third kappa shape index (κ3) is 2.98. The summed E-state index contributed by atoms with van der Waals surface area (Å²) in [6.45, 7) is -0.619. The Morgan fingerprint density at radius 3 is 2.83 bits per heavy atom. The van der Waals surface area contributed by atoms with Gasteiger partial charge in [-0.25, -0.2) is 4.79 Å². The number of nitro groups is 1. The van der Waals surface area contributed by atoms with Crippen molar-refractivity contribution in [3.05, 3.63) is 28.3 Å². The molecule has 2 heterocycles. The highest BCUT2D eigenvalue weighted by Crippen LogP contribution is 2.35. The number of rotatable bonds is 4. The highest BCUT2D eigenvalue weighted by Gasteiger charge is 2.33. The monoisotopic (exact) mass is 336 g/mol. The van der Waals surface area contributed by atoms with Gasteiger partial charge in [0.2, 0.25) is 6.10 Å². The Kier molecular flexibility index (Phi) is 4.02. The first kappa shape index (κ1) is 15.7. The predicted octanol–water partition coefficient (Wildman–Crippen LogP) is 0.179. The van der Waals surface area contributed by atoms with Gasteiger partial charge in [-0.3, -0.25) is 24.6 Å². The summed E-state index contributed by atoms with van der Waals surface area (Å²) in [5, 5.41) is 10.9. The van der Waals surface area contributed by atoms with Gasteiger partial charge in [0.1, 0.15) is 12.3 Å². The number of non-ortho nitro benzene ring substituents is 1. The van der Waals surface area contributed by atoms with Crippen molar-refractivity contribution < 1.29 is 33.5 Å². The number of hydrogen-bond acceptors (Lipinski definition) is 8. The molecule has 1 atom stereocenters. The van der Waals surface area contributed by atoms with E-state index in [-0.39, 0.29) is 36.8 Å². The van der Waals surface area contributed by atoms with E-state index in [1.165, 1.54) is 12.1 Å². The maximum Gasteiger partial charge on any atom is 0.347 e. The molecule has 0 N–H and O–H groups in total. The molecule has 0 aromatic heterocycles. The second kappa shape index (κ2) is 6.14. The van der Waals surface area contributed by atoms with E-state index in [0.717, 1.165) is 11.0 Å². The largest absolute Gasteiger partial charge is 0.482 e. The number of nitrogens with zero attached hydrogens (tertiary/aromatic N) is 2. The first-order valence-electron chi connectivity index (χ1n) is 7.03. The third-order valence-corrected chi connectivity index (χ3v) is 3.54. The molecule has 0 bridgehead atoms. The van der Waals surface area contributed by atoms with Crippen molar-refractivity contribution >= 4 is 29.2 Å². The van der Waals surface area contributed by atoms with Gasteiger partial charge >= 0.3 is 11.9 Å². The molecule has 1 aromatic carbocycles. The molecule has 126 valence electrons. The van der Waals surface area contributed by atoms with Crippen molar-refractivity contribution in [3.8, 4) is 5.75 Å². The number of nitro benzene ring substituents is 1. The summed E-state index contributed by atoms with van der Waals surface area (Å²) in [5.41, 5.74) is -0.142. The Morgan fingerprint density at radius 1 is 1.38 bits per heavy atom. The molecule has 3 rings (SSSR count). The molecule has 0 radical (unpaired) electrons. The van der Waals surface area contributed by atoms with Crippen LogP contribution in [0.15, 0.2) is 18.2 Å². The normalized spacial score (nSPS) is 19.3. The van der Waals surface area contributed by atoms with E-state index in [0.29, 0.717) is 0 Å². The smallest absolute Gasteiger partial charge is 0.347 e. The number of ether oxygens (including phenoxy) is 3. The molecule has 1 amide bonds. The second-order valence-electron chi connectivity index (χ2n) is 5.11. The van der Waals surface area contributed by atoms with Crippen molar-refractivity contribution in [1.29, 1.82) is 0 Å². The summed E-state index contributed by atoms with van der Waals surface area (Å²) in [5.74, 6) is -1.75. The van der Waals surface area contributed by atoms with Crippen molar-refractivity contribution in [2.75, 3.05) is 24.7 Å². The summed E-state index contributed by atoms with van der Waals surface area (Å²) < 4.78 is 14.9. The van der Waals surface area contributed by atoms with E-state index in [1.54, 1.807) is 0 Å². The molecule has 10 heteroatoms. The fraction of sp³-hybridized carbons (Fsp3) is 0.357. The van der Waals surface area contributed by atoms with E-state index in [4.69, 9.17) is 9.47 Å². The van der Waals surface area contributed by atoms with Gasteiger partial charge < -0.3 is 14.2 Å². The van der Waals surface area contributed by atoms with Gasteiger partial charge in [0.05, 0.1) is 17.2 Å². The number of anilines is 1. The van der Waals surface area contributed by atoms with E-state index >= 15 is 0 Å². The van der Waals surface area contributed by atoms with Gasteiger partial charge in [0.15, 0.2) is 6.61 Å². The number of hydrogen-bond donors (Lipinski definition) is 0. The first-order valence-corrected chi connectivity index (χ1v) is 7.03. The van der Waals surface area contributed by atoms with E-state index < -0.39 is 35.4 Å². The van der Waals surface area contributed by atoms with Crippen LogP contribution in [0.4, 0.5) is 11.4 Å². The zero-order chi connectivity index (χ0) is 17.3. The molecule has 0 aliphatic carbocycles. The van der Waals surface area contributed by atoms with Crippen LogP contribution >= 0.6 is 0 Å². The van der Waals surface area contributed by atoms with Crippen molar-refractivity contribution in [2.24, 2.45) is 0 Å². The third-order valence-electron chi connectivity index (χ3n) is 3.54. The minimum atomic E-state index is -0.988. The number of fused-ring (bicyclic) bond motifs is 1. The van der Waals surface area contributed by atoms with Crippen LogP contribution < -0.4 is 9.64 Å². The average Bonchev–Trinajstić information content (AvgIpc) is 2.94. The van der Waals surface area contributed by atoms with Crippen molar-refractivity contribution in [2.45, 2.75) is 12.5 Å². The van der Waals surface area contributed by atoms with Crippen LogP contribution in [0, 0.1) is 10.1 Å². The van der Waals surface area contributed by atoms with E-state index in [2.05, 4.69) is 4.74 Å². The second-order valence-corrected chi connectivity index (χ2v) is 5.11. The molecule has 2 aliphatic heterocycles. The molecule has 0 saturated carbocycles. The number of amides is 1. The van der Waals surface area contributed by atoms with Crippen LogP contribution in [0.25, 0.3) is 0 Å². The summed E-state index contributed by atoms with van der Waals surface area (Å²) in [6.07, 6.45) is -0.734. The van der Waals surface area contributed by atoms with Crippen LogP contribution in [0.3, 0.4) is 0 Å². The number of carbonyl (C=O) groups is 3. The lowest BCUT2D eigenvalue weighted by molar-refractivity contribution is -0.384. The SMILES string of the molecule is O=C(CN1C(=O)COc2ccc([N+](=O)[O-])cc21)O[C@H]1CCOC1=O. The van der Waals surface area contributed by atoms with Crippen LogP contribution in [-0.2, 0) is 23.9 Å². The maximum absolute atomic E-state index is 12.0. The number of cyclic esters (lactones) is 1. The zero-order valence-corrected chi connectivity index (χ0v) is 12.3. The topological polar surface area (TPSA) is 125 Å². The molecular formula is C14H12N2O8. The van der Waals surface area contributed by atoms with Gasteiger partial charge in [-0.2, -0.15) is 0 Å². The van der Waals surface area contributed by atoms with Gasteiger partial charge in [0.25, 0.3) is 11.6 Å². The molecule has 10 nitrogen and oxygen atoms in total. The predicted molar refractivity (Wildman–Crippen MR) is 76.4 cm³/mol.